The normalized spacial score (nSPS) is 10.3. The molecule has 2 N–H and O–H groups in total. The number of para-hydroxylation sites is 2. The average Bonchev–Trinajstić information content (AvgIpc) is 2.59. The third-order valence-electron chi connectivity index (χ3n) is 3.57. The van der Waals surface area contributed by atoms with Gasteiger partial charge in [-0.05, 0) is 36.2 Å². The van der Waals surface area contributed by atoms with E-state index < -0.39 is 0 Å². The molecule has 2 aromatic rings. The lowest BCUT2D eigenvalue weighted by Crippen LogP contribution is -2.22. The molecule has 122 valence electrons. The van der Waals surface area contributed by atoms with Gasteiger partial charge in [-0.15, -0.1) is 0 Å². The fourth-order valence-corrected chi connectivity index (χ4v) is 2.32. The van der Waals surface area contributed by atoms with Gasteiger partial charge in [-0.2, -0.15) is 0 Å². The quantitative estimate of drug-likeness (QED) is 0.785. The fourth-order valence-electron chi connectivity index (χ4n) is 2.32. The average molecular weight is 312 g/mol. The Morgan fingerprint density at radius 2 is 1.70 bits per heavy atom. The number of benzene rings is 2. The van der Waals surface area contributed by atoms with Crippen molar-refractivity contribution in [3.63, 3.8) is 0 Å². The minimum absolute atomic E-state index is 0.00650. The lowest BCUT2D eigenvalue weighted by molar-refractivity contribution is -0.118. The summed E-state index contributed by atoms with van der Waals surface area (Å²) >= 11 is 0. The van der Waals surface area contributed by atoms with Gasteiger partial charge < -0.3 is 15.4 Å². The molecule has 0 spiro atoms. The molecule has 0 atom stereocenters. The third kappa shape index (κ3) is 5.11. The number of ether oxygens (including phenoxy) is 1. The van der Waals surface area contributed by atoms with Gasteiger partial charge in [0.25, 0.3) is 5.91 Å². The van der Waals surface area contributed by atoms with E-state index in [4.69, 9.17) is 4.74 Å². The molecule has 0 aliphatic rings. The van der Waals surface area contributed by atoms with E-state index in [1.54, 1.807) is 0 Å². The number of amides is 1. The van der Waals surface area contributed by atoms with Crippen molar-refractivity contribution in [1.29, 1.82) is 0 Å². The molecular weight excluding hydrogens is 288 g/mol. The zero-order valence-corrected chi connectivity index (χ0v) is 13.8. The highest BCUT2D eigenvalue weighted by atomic mass is 16.5. The number of carbonyl (C=O) groups excluding carboxylic acids is 1. The fraction of sp³-hybridized carbons (Fsp3) is 0.316. The number of anilines is 1. The number of carbonyl (C=O) groups is 1. The number of rotatable bonds is 8. The van der Waals surface area contributed by atoms with E-state index in [1.807, 2.05) is 48.5 Å². The second-order valence-electron chi connectivity index (χ2n) is 5.24. The molecule has 0 aliphatic carbocycles. The summed E-state index contributed by atoms with van der Waals surface area (Å²) in [6.07, 6.45) is 0.878. The van der Waals surface area contributed by atoms with Crippen molar-refractivity contribution >= 4 is 11.6 Å². The Balaban J connectivity index is 1.95. The summed E-state index contributed by atoms with van der Waals surface area (Å²) in [6.45, 7) is 5.75. The minimum atomic E-state index is -0.153. The monoisotopic (exact) mass is 312 g/mol. The van der Waals surface area contributed by atoms with Gasteiger partial charge in [0.2, 0.25) is 0 Å². The molecule has 0 fully saturated rings. The van der Waals surface area contributed by atoms with Crippen molar-refractivity contribution in [2.24, 2.45) is 0 Å². The van der Waals surface area contributed by atoms with Crippen LogP contribution in [-0.2, 0) is 17.8 Å². The maximum absolute atomic E-state index is 12.2. The predicted molar refractivity (Wildman–Crippen MR) is 93.8 cm³/mol. The van der Waals surface area contributed by atoms with Crippen molar-refractivity contribution < 1.29 is 9.53 Å². The van der Waals surface area contributed by atoms with Crippen LogP contribution in [0.15, 0.2) is 48.5 Å². The largest absolute Gasteiger partial charge is 0.483 e. The maximum atomic E-state index is 12.2. The van der Waals surface area contributed by atoms with Crippen LogP contribution < -0.4 is 15.4 Å². The minimum Gasteiger partial charge on any atom is -0.483 e. The van der Waals surface area contributed by atoms with Gasteiger partial charge in [0, 0.05) is 12.2 Å². The Kier molecular flexibility index (Phi) is 6.63. The topological polar surface area (TPSA) is 50.4 Å². The molecule has 0 unspecified atom stereocenters. The molecular formula is C19H24N2O2. The Hall–Kier alpha value is -2.33. The Bertz CT molecular complexity index is 641. The van der Waals surface area contributed by atoms with Crippen molar-refractivity contribution in [3.8, 4) is 5.75 Å². The maximum Gasteiger partial charge on any atom is 0.262 e. The molecule has 0 saturated heterocycles. The molecule has 0 radical (unpaired) electrons. The zero-order chi connectivity index (χ0) is 16.5. The van der Waals surface area contributed by atoms with Crippen LogP contribution in [0.4, 0.5) is 5.69 Å². The molecule has 1 amide bonds. The van der Waals surface area contributed by atoms with E-state index >= 15 is 0 Å². The second kappa shape index (κ2) is 8.96. The summed E-state index contributed by atoms with van der Waals surface area (Å²) in [4.78, 5) is 12.2. The van der Waals surface area contributed by atoms with Gasteiger partial charge in [-0.25, -0.2) is 0 Å². The first-order chi connectivity index (χ1) is 11.2. The zero-order valence-electron chi connectivity index (χ0n) is 13.8. The first kappa shape index (κ1) is 17.0. The Morgan fingerprint density at radius 3 is 2.43 bits per heavy atom. The van der Waals surface area contributed by atoms with E-state index in [0.29, 0.717) is 0 Å². The highest BCUT2D eigenvalue weighted by Crippen LogP contribution is 2.19. The van der Waals surface area contributed by atoms with Crippen LogP contribution in [0.25, 0.3) is 0 Å². The molecule has 2 aromatic carbocycles. The van der Waals surface area contributed by atoms with Gasteiger partial charge in [0.15, 0.2) is 6.61 Å². The van der Waals surface area contributed by atoms with Gasteiger partial charge in [0.1, 0.15) is 5.75 Å². The van der Waals surface area contributed by atoms with Gasteiger partial charge in [-0.3, -0.25) is 4.79 Å². The first-order valence-electron chi connectivity index (χ1n) is 8.03. The van der Waals surface area contributed by atoms with Crippen LogP contribution in [0.1, 0.15) is 25.0 Å². The standard InChI is InChI=1S/C19H24N2O2/c1-3-15-9-6-8-12-18(15)23-14-19(22)21-17-11-7-5-10-16(17)13-20-4-2/h5-12,20H,3-4,13-14H2,1-2H3,(H,21,22). The summed E-state index contributed by atoms with van der Waals surface area (Å²) in [5, 5.41) is 6.19. The number of hydrogen-bond acceptors (Lipinski definition) is 3. The van der Waals surface area contributed by atoms with E-state index in [2.05, 4.69) is 24.5 Å². The summed E-state index contributed by atoms with van der Waals surface area (Å²) in [5.74, 6) is 0.617. The van der Waals surface area contributed by atoms with Gasteiger partial charge >= 0.3 is 0 Å². The SMILES string of the molecule is CCNCc1ccccc1NC(=O)COc1ccccc1CC. The number of nitrogens with one attached hydrogen (secondary N) is 2. The molecule has 0 heterocycles. The molecule has 4 nitrogen and oxygen atoms in total. The van der Waals surface area contributed by atoms with E-state index in [1.165, 1.54) is 0 Å². The predicted octanol–water partition coefficient (Wildman–Crippen LogP) is 3.38. The smallest absolute Gasteiger partial charge is 0.262 e. The summed E-state index contributed by atoms with van der Waals surface area (Å²) < 4.78 is 5.66. The van der Waals surface area contributed by atoms with Crippen LogP contribution in [0, 0.1) is 0 Å². The van der Waals surface area contributed by atoms with Crippen LogP contribution >= 0.6 is 0 Å². The third-order valence-corrected chi connectivity index (χ3v) is 3.57. The molecule has 23 heavy (non-hydrogen) atoms. The van der Waals surface area contributed by atoms with Gasteiger partial charge in [-0.1, -0.05) is 50.2 Å². The summed E-state index contributed by atoms with van der Waals surface area (Å²) in [7, 11) is 0. The van der Waals surface area contributed by atoms with Crippen LogP contribution in [0.2, 0.25) is 0 Å². The van der Waals surface area contributed by atoms with Crippen molar-refractivity contribution in [2.45, 2.75) is 26.8 Å². The molecule has 4 heteroatoms. The number of hydrogen-bond donors (Lipinski definition) is 2. The second-order valence-corrected chi connectivity index (χ2v) is 5.24. The van der Waals surface area contributed by atoms with Gasteiger partial charge in [0.05, 0.1) is 0 Å². The van der Waals surface area contributed by atoms with Crippen LogP contribution in [0.3, 0.4) is 0 Å². The van der Waals surface area contributed by atoms with Crippen molar-refractivity contribution in [3.05, 3.63) is 59.7 Å². The van der Waals surface area contributed by atoms with Crippen molar-refractivity contribution in [1.82, 2.24) is 5.32 Å². The first-order valence-corrected chi connectivity index (χ1v) is 8.03. The highest BCUT2D eigenvalue weighted by Gasteiger charge is 2.08. The Morgan fingerprint density at radius 1 is 1.00 bits per heavy atom. The lowest BCUT2D eigenvalue weighted by Gasteiger charge is -2.13. The highest BCUT2D eigenvalue weighted by molar-refractivity contribution is 5.92. The molecule has 0 aromatic heterocycles. The van der Waals surface area contributed by atoms with Crippen LogP contribution in [0.5, 0.6) is 5.75 Å². The molecule has 0 saturated carbocycles. The Labute approximate surface area is 137 Å². The van der Waals surface area contributed by atoms with Crippen LogP contribution in [-0.4, -0.2) is 19.1 Å². The molecule has 0 aliphatic heterocycles. The lowest BCUT2D eigenvalue weighted by atomic mass is 10.1. The van der Waals surface area contributed by atoms with E-state index in [0.717, 1.165) is 42.1 Å². The summed E-state index contributed by atoms with van der Waals surface area (Å²) in [5.41, 5.74) is 3.00. The van der Waals surface area contributed by atoms with E-state index in [-0.39, 0.29) is 12.5 Å². The van der Waals surface area contributed by atoms with Crippen molar-refractivity contribution in [2.75, 3.05) is 18.5 Å². The number of aryl methyl sites for hydroxylation is 1. The molecule has 2 rings (SSSR count). The van der Waals surface area contributed by atoms with E-state index in [9.17, 15) is 4.79 Å². The molecule has 0 bridgehead atoms. The summed E-state index contributed by atoms with van der Waals surface area (Å²) in [6, 6.07) is 15.6.